The summed E-state index contributed by atoms with van der Waals surface area (Å²) in [6.07, 6.45) is 11.0. The molecule has 1 heterocycles. The molecule has 1 heteroatoms. The van der Waals surface area contributed by atoms with Crippen LogP contribution in [0.2, 0.25) is 0 Å². The van der Waals surface area contributed by atoms with Crippen molar-refractivity contribution in [2.45, 2.75) is 19.8 Å². The van der Waals surface area contributed by atoms with E-state index in [1.165, 1.54) is 5.56 Å². The van der Waals surface area contributed by atoms with Gasteiger partial charge in [0.15, 0.2) is 0 Å². The summed E-state index contributed by atoms with van der Waals surface area (Å²) >= 11 is 0. The van der Waals surface area contributed by atoms with Crippen LogP contribution in [-0.4, -0.2) is 4.98 Å². The maximum atomic E-state index is 5.22. The van der Waals surface area contributed by atoms with Crippen molar-refractivity contribution in [2.75, 3.05) is 0 Å². The largest absolute Gasteiger partial charge is 0.263 e. The number of pyridine rings is 1. The van der Waals surface area contributed by atoms with Crippen LogP contribution in [0.3, 0.4) is 0 Å². The first-order chi connectivity index (χ1) is 5.36. The van der Waals surface area contributed by atoms with Crippen LogP contribution in [0.4, 0.5) is 0 Å². The Balaban J connectivity index is 2.85. The Morgan fingerprint density at radius 3 is 3.00 bits per heavy atom. The van der Waals surface area contributed by atoms with E-state index in [0.29, 0.717) is 0 Å². The molecular weight excluding hydrogens is 134 g/mol. The summed E-state index contributed by atoms with van der Waals surface area (Å²) in [7, 11) is 0. The van der Waals surface area contributed by atoms with Crippen molar-refractivity contribution in [3.05, 3.63) is 29.6 Å². The molecule has 0 radical (unpaired) electrons. The number of nitrogens with zero attached hydrogens (tertiary/aromatic N) is 1. The molecule has 0 amide bonds. The summed E-state index contributed by atoms with van der Waals surface area (Å²) in [4.78, 5) is 4.03. The van der Waals surface area contributed by atoms with Gasteiger partial charge in [0.25, 0.3) is 0 Å². The Kier molecular flexibility index (Phi) is 2.68. The Morgan fingerprint density at radius 2 is 2.36 bits per heavy atom. The fourth-order valence-electron chi connectivity index (χ4n) is 0.992. The van der Waals surface area contributed by atoms with Crippen molar-refractivity contribution in [3.63, 3.8) is 0 Å². The summed E-state index contributed by atoms with van der Waals surface area (Å²) in [6.45, 7) is 2.14. The Hall–Kier alpha value is -1.29. The predicted octanol–water partition coefficient (Wildman–Crippen LogP) is 2.02. The Bertz CT molecular complexity index is 270. The topological polar surface area (TPSA) is 12.9 Å². The first-order valence-corrected chi connectivity index (χ1v) is 3.77. The third-order valence-electron chi connectivity index (χ3n) is 1.50. The van der Waals surface area contributed by atoms with Crippen molar-refractivity contribution in [1.29, 1.82) is 0 Å². The van der Waals surface area contributed by atoms with Gasteiger partial charge in [0.1, 0.15) is 0 Å². The van der Waals surface area contributed by atoms with E-state index in [1.54, 1.807) is 6.20 Å². The van der Waals surface area contributed by atoms with Crippen LogP contribution in [0.5, 0.6) is 0 Å². The zero-order chi connectivity index (χ0) is 8.10. The van der Waals surface area contributed by atoms with Gasteiger partial charge in [-0.15, -0.1) is 6.42 Å². The van der Waals surface area contributed by atoms with Gasteiger partial charge in [0.05, 0.1) is 0 Å². The van der Waals surface area contributed by atoms with Gasteiger partial charge in [-0.05, 0) is 18.1 Å². The molecule has 0 aromatic carbocycles. The first-order valence-electron chi connectivity index (χ1n) is 3.77. The quantitative estimate of drug-likeness (QED) is 0.580. The van der Waals surface area contributed by atoms with E-state index in [-0.39, 0.29) is 0 Å². The summed E-state index contributed by atoms with van der Waals surface area (Å²) in [5, 5.41) is 0. The third-order valence-corrected chi connectivity index (χ3v) is 1.50. The first kappa shape index (κ1) is 7.81. The van der Waals surface area contributed by atoms with Crippen molar-refractivity contribution in [2.24, 2.45) is 0 Å². The van der Waals surface area contributed by atoms with Crippen LogP contribution in [0.1, 0.15) is 24.5 Å². The Labute approximate surface area is 67.5 Å². The van der Waals surface area contributed by atoms with Crippen molar-refractivity contribution < 1.29 is 0 Å². The fourth-order valence-corrected chi connectivity index (χ4v) is 0.992. The van der Waals surface area contributed by atoms with E-state index >= 15 is 0 Å². The highest BCUT2D eigenvalue weighted by Gasteiger charge is 1.91. The van der Waals surface area contributed by atoms with Crippen molar-refractivity contribution >= 4 is 0 Å². The molecule has 0 saturated heterocycles. The summed E-state index contributed by atoms with van der Waals surface area (Å²) in [5.41, 5.74) is 2.10. The molecule has 0 aliphatic carbocycles. The van der Waals surface area contributed by atoms with E-state index in [0.717, 1.165) is 18.4 Å². The summed E-state index contributed by atoms with van der Waals surface area (Å²) < 4.78 is 0. The van der Waals surface area contributed by atoms with E-state index in [2.05, 4.69) is 17.8 Å². The smallest absolute Gasteiger partial charge is 0.0428 e. The van der Waals surface area contributed by atoms with Crippen LogP contribution in [-0.2, 0) is 6.42 Å². The fraction of sp³-hybridized carbons (Fsp3) is 0.300. The average molecular weight is 145 g/mol. The number of terminal acetylenes is 1. The predicted molar refractivity (Wildman–Crippen MR) is 46.2 cm³/mol. The number of rotatable bonds is 2. The van der Waals surface area contributed by atoms with E-state index in [4.69, 9.17) is 6.42 Å². The van der Waals surface area contributed by atoms with Gasteiger partial charge in [0, 0.05) is 18.0 Å². The van der Waals surface area contributed by atoms with Gasteiger partial charge >= 0.3 is 0 Å². The third kappa shape index (κ3) is 2.09. The second kappa shape index (κ2) is 3.78. The monoisotopic (exact) mass is 145 g/mol. The molecule has 0 fully saturated rings. The molecule has 0 N–H and O–H groups in total. The van der Waals surface area contributed by atoms with Gasteiger partial charge in [0.2, 0.25) is 0 Å². The molecule has 0 saturated carbocycles. The van der Waals surface area contributed by atoms with Gasteiger partial charge < -0.3 is 0 Å². The normalized spacial score (nSPS) is 9.09. The molecule has 1 nitrogen and oxygen atoms in total. The molecule has 0 aliphatic rings. The lowest BCUT2D eigenvalue weighted by Crippen LogP contribution is -1.86. The lowest BCUT2D eigenvalue weighted by Gasteiger charge is -1.96. The van der Waals surface area contributed by atoms with Crippen LogP contribution in [0.15, 0.2) is 18.5 Å². The molecule has 0 atom stereocenters. The summed E-state index contributed by atoms with van der Waals surface area (Å²) in [6, 6.07) is 2.01. The number of aromatic nitrogens is 1. The van der Waals surface area contributed by atoms with Gasteiger partial charge in [-0.3, -0.25) is 4.98 Å². The molecule has 1 aromatic rings. The standard InChI is InChI=1S/C10H11N/c1-3-5-10-6-9(4-2)7-11-8-10/h2,6-8H,3,5H2,1H3. The maximum absolute atomic E-state index is 5.22. The highest BCUT2D eigenvalue weighted by Crippen LogP contribution is 2.03. The van der Waals surface area contributed by atoms with Crippen molar-refractivity contribution in [3.8, 4) is 12.3 Å². The molecule has 0 spiro atoms. The minimum Gasteiger partial charge on any atom is -0.263 e. The zero-order valence-corrected chi connectivity index (χ0v) is 6.67. The molecule has 1 rings (SSSR count). The van der Waals surface area contributed by atoms with E-state index < -0.39 is 0 Å². The SMILES string of the molecule is C#Cc1cncc(CCC)c1. The van der Waals surface area contributed by atoms with Gasteiger partial charge in [-0.25, -0.2) is 0 Å². The zero-order valence-electron chi connectivity index (χ0n) is 6.67. The van der Waals surface area contributed by atoms with E-state index in [1.807, 2.05) is 12.3 Å². The lowest BCUT2D eigenvalue weighted by atomic mass is 10.1. The highest BCUT2D eigenvalue weighted by atomic mass is 14.6. The number of hydrogen-bond donors (Lipinski definition) is 0. The van der Waals surface area contributed by atoms with Gasteiger partial charge in [-0.2, -0.15) is 0 Å². The molecule has 0 aliphatic heterocycles. The molecule has 0 bridgehead atoms. The molecule has 1 aromatic heterocycles. The minimum absolute atomic E-state index is 0.871. The molecule has 56 valence electrons. The van der Waals surface area contributed by atoms with Crippen LogP contribution in [0.25, 0.3) is 0 Å². The van der Waals surface area contributed by atoms with Crippen LogP contribution < -0.4 is 0 Å². The molecular formula is C10H11N. The van der Waals surface area contributed by atoms with Crippen LogP contribution >= 0.6 is 0 Å². The second-order valence-corrected chi connectivity index (χ2v) is 2.48. The van der Waals surface area contributed by atoms with Gasteiger partial charge in [-0.1, -0.05) is 19.3 Å². The number of aryl methyl sites for hydroxylation is 1. The van der Waals surface area contributed by atoms with E-state index in [9.17, 15) is 0 Å². The molecule has 11 heavy (non-hydrogen) atoms. The van der Waals surface area contributed by atoms with Crippen molar-refractivity contribution in [1.82, 2.24) is 4.98 Å². The lowest BCUT2D eigenvalue weighted by molar-refractivity contribution is 0.913. The number of hydrogen-bond acceptors (Lipinski definition) is 1. The highest BCUT2D eigenvalue weighted by molar-refractivity contribution is 5.31. The average Bonchev–Trinajstić information content (AvgIpc) is 2.06. The maximum Gasteiger partial charge on any atom is 0.0428 e. The molecule has 0 unspecified atom stereocenters. The minimum atomic E-state index is 0.871. The Morgan fingerprint density at radius 1 is 1.55 bits per heavy atom. The van der Waals surface area contributed by atoms with Crippen LogP contribution in [0, 0.1) is 12.3 Å². The second-order valence-electron chi connectivity index (χ2n) is 2.48. The summed E-state index contributed by atoms with van der Waals surface area (Å²) in [5.74, 6) is 2.56.